The zero-order valence-corrected chi connectivity index (χ0v) is 14.0. The van der Waals surface area contributed by atoms with Crippen molar-refractivity contribution in [3.63, 3.8) is 0 Å². The molecule has 138 valence electrons. The van der Waals surface area contributed by atoms with E-state index in [1.54, 1.807) is 6.92 Å². The Hall–Kier alpha value is -3.17. The van der Waals surface area contributed by atoms with Crippen molar-refractivity contribution in [1.82, 2.24) is 20.1 Å². The molecule has 26 heavy (non-hydrogen) atoms. The van der Waals surface area contributed by atoms with Crippen LogP contribution in [0.1, 0.15) is 11.4 Å². The van der Waals surface area contributed by atoms with Crippen molar-refractivity contribution < 1.29 is 22.8 Å². The first-order valence-electron chi connectivity index (χ1n) is 7.39. The smallest absolute Gasteiger partial charge is 0.333 e. The van der Waals surface area contributed by atoms with Crippen LogP contribution in [0.4, 0.5) is 18.9 Å². The number of halogens is 3. The molecule has 0 atom stereocenters. The minimum Gasteiger partial charge on any atom is -0.333 e. The SMILES string of the molecule is C=CC(=O)N(C)CC(=O)Nc1cc(-c2n[nH]c(C)n2)cc(C(F)(F)F)c1. The molecule has 2 aromatic rings. The first kappa shape index (κ1) is 19.2. The minimum absolute atomic E-state index is 0.0723. The summed E-state index contributed by atoms with van der Waals surface area (Å²) in [4.78, 5) is 28.5. The Morgan fingerprint density at radius 3 is 2.58 bits per heavy atom. The van der Waals surface area contributed by atoms with Gasteiger partial charge in [0.1, 0.15) is 5.82 Å². The predicted octanol–water partition coefficient (Wildman–Crippen LogP) is 2.38. The second-order valence-corrected chi connectivity index (χ2v) is 5.49. The summed E-state index contributed by atoms with van der Waals surface area (Å²) in [5, 5.41) is 8.73. The van der Waals surface area contributed by atoms with Gasteiger partial charge in [0.15, 0.2) is 5.82 Å². The fourth-order valence-electron chi connectivity index (χ4n) is 2.11. The highest BCUT2D eigenvalue weighted by Crippen LogP contribution is 2.34. The third kappa shape index (κ3) is 4.68. The van der Waals surface area contributed by atoms with E-state index >= 15 is 0 Å². The predicted molar refractivity (Wildman–Crippen MR) is 88.0 cm³/mol. The van der Waals surface area contributed by atoms with Gasteiger partial charge in [-0.1, -0.05) is 6.58 Å². The molecule has 1 heterocycles. The lowest BCUT2D eigenvalue weighted by Crippen LogP contribution is -2.33. The molecule has 10 heteroatoms. The van der Waals surface area contributed by atoms with E-state index in [2.05, 4.69) is 27.1 Å². The number of aryl methyl sites for hydroxylation is 1. The standard InChI is InChI=1S/C16H16F3N5O2/c1-4-14(26)24(3)8-13(25)21-12-6-10(15-20-9(2)22-23-15)5-11(7-12)16(17,18)19/h4-7H,1,8H2,2-3H3,(H,21,25)(H,20,22,23). The van der Waals surface area contributed by atoms with E-state index in [-0.39, 0.29) is 23.6 Å². The number of amides is 2. The zero-order chi connectivity index (χ0) is 19.5. The number of aromatic amines is 1. The van der Waals surface area contributed by atoms with Crippen LogP contribution in [0.15, 0.2) is 30.9 Å². The van der Waals surface area contributed by atoms with Gasteiger partial charge in [0.2, 0.25) is 11.8 Å². The minimum atomic E-state index is -4.61. The van der Waals surface area contributed by atoms with Gasteiger partial charge in [-0.3, -0.25) is 14.7 Å². The quantitative estimate of drug-likeness (QED) is 0.794. The monoisotopic (exact) mass is 367 g/mol. The van der Waals surface area contributed by atoms with Crippen LogP contribution in [0.2, 0.25) is 0 Å². The van der Waals surface area contributed by atoms with Crippen molar-refractivity contribution in [3.8, 4) is 11.4 Å². The van der Waals surface area contributed by atoms with Crippen LogP contribution in [-0.2, 0) is 15.8 Å². The van der Waals surface area contributed by atoms with Gasteiger partial charge in [-0.2, -0.15) is 18.3 Å². The molecule has 0 bridgehead atoms. The average molecular weight is 367 g/mol. The highest BCUT2D eigenvalue weighted by molar-refractivity contribution is 5.96. The summed E-state index contributed by atoms with van der Waals surface area (Å²) in [6.07, 6.45) is -3.59. The highest BCUT2D eigenvalue weighted by Gasteiger charge is 2.32. The molecule has 0 fully saturated rings. The van der Waals surface area contributed by atoms with Gasteiger partial charge in [-0.05, 0) is 31.2 Å². The van der Waals surface area contributed by atoms with E-state index in [4.69, 9.17) is 0 Å². The van der Waals surface area contributed by atoms with Gasteiger partial charge in [0.25, 0.3) is 0 Å². The summed E-state index contributed by atoms with van der Waals surface area (Å²) in [5.74, 6) is -0.629. The van der Waals surface area contributed by atoms with Gasteiger partial charge < -0.3 is 10.2 Å². The first-order chi connectivity index (χ1) is 12.1. The normalized spacial score (nSPS) is 11.1. The molecule has 0 radical (unpaired) electrons. The maximum atomic E-state index is 13.1. The van der Waals surface area contributed by atoms with Crippen molar-refractivity contribution in [1.29, 1.82) is 0 Å². The number of nitrogens with zero attached hydrogens (tertiary/aromatic N) is 3. The molecule has 1 aromatic heterocycles. The second kappa shape index (κ2) is 7.38. The molecule has 2 amide bonds. The molecular formula is C16H16F3N5O2. The van der Waals surface area contributed by atoms with Crippen LogP contribution < -0.4 is 5.32 Å². The molecule has 0 saturated carbocycles. The highest BCUT2D eigenvalue weighted by atomic mass is 19.4. The van der Waals surface area contributed by atoms with Gasteiger partial charge in [-0.15, -0.1) is 0 Å². The maximum absolute atomic E-state index is 13.1. The molecule has 0 spiro atoms. The molecule has 2 N–H and O–H groups in total. The van der Waals surface area contributed by atoms with Crippen LogP contribution in [0.5, 0.6) is 0 Å². The van der Waals surface area contributed by atoms with E-state index in [9.17, 15) is 22.8 Å². The number of carbonyl (C=O) groups is 2. The van der Waals surface area contributed by atoms with E-state index < -0.39 is 23.6 Å². The molecule has 0 unspecified atom stereocenters. The number of rotatable bonds is 5. The molecule has 2 rings (SSSR count). The van der Waals surface area contributed by atoms with Gasteiger partial charge in [0.05, 0.1) is 12.1 Å². The van der Waals surface area contributed by atoms with E-state index in [1.807, 2.05) is 0 Å². The number of nitrogens with one attached hydrogen (secondary N) is 2. The van der Waals surface area contributed by atoms with Crippen LogP contribution in [-0.4, -0.2) is 45.5 Å². The Bertz CT molecular complexity index is 845. The number of alkyl halides is 3. The molecule has 1 aromatic carbocycles. The number of hydrogen-bond acceptors (Lipinski definition) is 4. The van der Waals surface area contributed by atoms with Crippen LogP contribution >= 0.6 is 0 Å². The number of benzene rings is 1. The van der Waals surface area contributed by atoms with Crippen molar-refractivity contribution in [3.05, 3.63) is 42.2 Å². The average Bonchev–Trinajstić information content (AvgIpc) is 2.99. The summed E-state index contributed by atoms with van der Waals surface area (Å²) in [6, 6.07) is 3.02. The van der Waals surface area contributed by atoms with E-state index in [1.165, 1.54) is 13.1 Å². The molecule has 0 aliphatic heterocycles. The summed E-state index contributed by atoms with van der Waals surface area (Å²) >= 11 is 0. The molecule has 0 aliphatic rings. The lowest BCUT2D eigenvalue weighted by Gasteiger charge is -2.16. The largest absolute Gasteiger partial charge is 0.416 e. The zero-order valence-electron chi connectivity index (χ0n) is 14.0. The number of carbonyl (C=O) groups excluding carboxylic acids is 2. The van der Waals surface area contributed by atoms with Crippen molar-refractivity contribution >= 4 is 17.5 Å². The molecule has 0 aliphatic carbocycles. The number of hydrogen-bond donors (Lipinski definition) is 2. The van der Waals surface area contributed by atoms with Crippen molar-refractivity contribution in [2.24, 2.45) is 0 Å². The Balaban J connectivity index is 2.31. The van der Waals surface area contributed by atoms with Crippen molar-refractivity contribution in [2.45, 2.75) is 13.1 Å². The van der Waals surface area contributed by atoms with Crippen LogP contribution in [0.3, 0.4) is 0 Å². The Labute approximate surface area is 146 Å². The summed E-state index contributed by atoms with van der Waals surface area (Å²) in [5.41, 5.74) is -0.944. The molecule has 0 saturated heterocycles. The van der Waals surface area contributed by atoms with E-state index in [0.717, 1.165) is 23.1 Å². The fourth-order valence-corrected chi connectivity index (χ4v) is 2.11. The Morgan fingerprint density at radius 1 is 1.35 bits per heavy atom. The van der Waals surface area contributed by atoms with E-state index in [0.29, 0.717) is 5.82 Å². The number of likely N-dealkylation sites (N-methyl/N-ethyl adjacent to an activating group) is 1. The van der Waals surface area contributed by atoms with Crippen LogP contribution in [0, 0.1) is 6.92 Å². The fraction of sp³-hybridized carbons (Fsp3) is 0.250. The third-order valence-electron chi connectivity index (χ3n) is 3.33. The summed E-state index contributed by atoms with van der Waals surface area (Å²) < 4.78 is 39.4. The second-order valence-electron chi connectivity index (χ2n) is 5.49. The first-order valence-corrected chi connectivity index (χ1v) is 7.39. The number of aromatic nitrogens is 3. The molecule has 7 nitrogen and oxygen atoms in total. The lowest BCUT2D eigenvalue weighted by molar-refractivity contribution is -0.137. The summed E-state index contributed by atoms with van der Waals surface area (Å²) in [7, 11) is 1.37. The maximum Gasteiger partial charge on any atom is 0.416 e. The Kier molecular flexibility index (Phi) is 5.44. The number of anilines is 1. The van der Waals surface area contributed by atoms with Gasteiger partial charge in [0, 0.05) is 18.3 Å². The summed E-state index contributed by atoms with van der Waals surface area (Å²) in [6.45, 7) is 4.57. The van der Waals surface area contributed by atoms with Crippen LogP contribution in [0.25, 0.3) is 11.4 Å². The topological polar surface area (TPSA) is 91.0 Å². The third-order valence-corrected chi connectivity index (χ3v) is 3.33. The van der Waals surface area contributed by atoms with Gasteiger partial charge in [-0.25, -0.2) is 4.98 Å². The Morgan fingerprint density at radius 2 is 2.04 bits per heavy atom. The lowest BCUT2D eigenvalue weighted by atomic mass is 10.1. The molecular weight excluding hydrogens is 351 g/mol. The van der Waals surface area contributed by atoms with Crippen molar-refractivity contribution in [2.75, 3.05) is 18.9 Å². The number of H-pyrrole nitrogens is 1. The van der Waals surface area contributed by atoms with Gasteiger partial charge >= 0.3 is 6.18 Å².